The Bertz CT molecular complexity index is 847. The number of hydrogen-bond acceptors (Lipinski definition) is 4. The zero-order valence-corrected chi connectivity index (χ0v) is 12.7. The quantitative estimate of drug-likeness (QED) is 0.802. The first kappa shape index (κ1) is 13.7. The number of benzene rings is 1. The van der Waals surface area contributed by atoms with Crippen LogP contribution in [0, 0.1) is 6.92 Å². The third kappa shape index (κ3) is 2.61. The van der Waals surface area contributed by atoms with Gasteiger partial charge in [-0.15, -0.1) is 0 Å². The fraction of sp³-hybridized carbons (Fsp3) is 0.250. The van der Waals surface area contributed by atoms with E-state index in [0.717, 1.165) is 29.9 Å². The zero-order chi connectivity index (χ0) is 15.8. The van der Waals surface area contributed by atoms with E-state index < -0.39 is 0 Å². The number of nitrogens with one attached hydrogen (secondary N) is 1. The van der Waals surface area contributed by atoms with Crippen LogP contribution in [0.2, 0.25) is 0 Å². The molecule has 1 aromatic carbocycles. The molecule has 0 bridgehead atoms. The molecule has 3 aromatic rings. The molecule has 7 nitrogen and oxygen atoms in total. The molecule has 0 unspecified atom stereocenters. The number of nitrogens with zero attached hydrogens (tertiary/aromatic N) is 5. The Morgan fingerprint density at radius 2 is 2.17 bits per heavy atom. The summed E-state index contributed by atoms with van der Waals surface area (Å²) in [6.45, 7) is 1.98. The van der Waals surface area contributed by atoms with Crippen LogP contribution in [0.15, 0.2) is 43.1 Å². The summed E-state index contributed by atoms with van der Waals surface area (Å²) in [5.41, 5.74) is 3.11. The van der Waals surface area contributed by atoms with Gasteiger partial charge in [-0.3, -0.25) is 9.48 Å². The van der Waals surface area contributed by atoms with E-state index in [1.165, 1.54) is 6.33 Å². The lowest BCUT2D eigenvalue weighted by Crippen LogP contribution is -2.13. The molecule has 2 aromatic heterocycles. The van der Waals surface area contributed by atoms with Crippen LogP contribution < -0.4 is 5.32 Å². The number of rotatable bonds is 4. The molecule has 2 heterocycles. The van der Waals surface area contributed by atoms with Crippen molar-refractivity contribution >= 4 is 11.6 Å². The van der Waals surface area contributed by atoms with E-state index in [1.54, 1.807) is 29.3 Å². The number of carbonyl (C=O) groups is 1. The van der Waals surface area contributed by atoms with Crippen molar-refractivity contribution in [1.82, 2.24) is 24.5 Å². The summed E-state index contributed by atoms with van der Waals surface area (Å²) in [5, 5.41) is 11.4. The molecule has 1 aliphatic rings. The minimum absolute atomic E-state index is 0.162. The van der Waals surface area contributed by atoms with E-state index in [2.05, 4.69) is 20.5 Å². The van der Waals surface area contributed by atoms with Crippen LogP contribution in [0.25, 0.3) is 5.69 Å². The van der Waals surface area contributed by atoms with E-state index in [1.807, 2.05) is 23.7 Å². The molecule has 1 aliphatic carbocycles. The Morgan fingerprint density at radius 1 is 1.30 bits per heavy atom. The molecule has 116 valence electrons. The molecular formula is C16H16N6O. The van der Waals surface area contributed by atoms with E-state index in [4.69, 9.17) is 0 Å². The van der Waals surface area contributed by atoms with Gasteiger partial charge >= 0.3 is 0 Å². The highest BCUT2D eigenvalue weighted by atomic mass is 16.1. The molecule has 1 amide bonds. The van der Waals surface area contributed by atoms with Gasteiger partial charge in [-0.25, -0.2) is 9.67 Å². The Labute approximate surface area is 133 Å². The average molecular weight is 308 g/mol. The molecule has 1 N–H and O–H groups in total. The van der Waals surface area contributed by atoms with Gasteiger partial charge in [0.05, 0.1) is 29.3 Å². The zero-order valence-electron chi connectivity index (χ0n) is 12.7. The molecule has 0 radical (unpaired) electrons. The highest BCUT2D eigenvalue weighted by Gasteiger charge is 2.26. The lowest BCUT2D eigenvalue weighted by atomic mass is 10.2. The van der Waals surface area contributed by atoms with Crippen molar-refractivity contribution in [2.45, 2.75) is 25.8 Å². The van der Waals surface area contributed by atoms with Crippen molar-refractivity contribution in [3.05, 3.63) is 54.4 Å². The van der Waals surface area contributed by atoms with Crippen LogP contribution in [0.4, 0.5) is 5.69 Å². The molecule has 7 heteroatoms. The van der Waals surface area contributed by atoms with Gasteiger partial charge in [0.25, 0.3) is 5.91 Å². The van der Waals surface area contributed by atoms with Crippen molar-refractivity contribution in [2.75, 3.05) is 5.32 Å². The predicted molar refractivity (Wildman–Crippen MR) is 84.5 cm³/mol. The maximum absolute atomic E-state index is 12.5. The fourth-order valence-electron chi connectivity index (χ4n) is 2.56. The molecule has 0 atom stereocenters. The first-order valence-corrected chi connectivity index (χ1v) is 7.53. The number of carbonyl (C=O) groups excluding carboxylic acids is 1. The van der Waals surface area contributed by atoms with E-state index in [-0.39, 0.29) is 5.91 Å². The van der Waals surface area contributed by atoms with E-state index in [9.17, 15) is 4.79 Å². The molecule has 0 spiro atoms. The third-order valence-electron chi connectivity index (χ3n) is 3.98. The second-order valence-corrected chi connectivity index (χ2v) is 5.66. The molecule has 23 heavy (non-hydrogen) atoms. The summed E-state index contributed by atoms with van der Waals surface area (Å²) < 4.78 is 3.61. The topological polar surface area (TPSA) is 77.6 Å². The smallest absolute Gasteiger partial charge is 0.255 e. The minimum atomic E-state index is -0.162. The maximum Gasteiger partial charge on any atom is 0.255 e. The lowest BCUT2D eigenvalue weighted by Gasteiger charge is -2.07. The minimum Gasteiger partial charge on any atom is -0.319 e. The largest absolute Gasteiger partial charge is 0.319 e. The van der Waals surface area contributed by atoms with Gasteiger partial charge in [0.15, 0.2) is 0 Å². The van der Waals surface area contributed by atoms with Crippen molar-refractivity contribution < 1.29 is 4.79 Å². The summed E-state index contributed by atoms with van der Waals surface area (Å²) >= 11 is 0. The lowest BCUT2D eigenvalue weighted by molar-refractivity contribution is 0.102. The van der Waals surface area contributed by atoms with Crippen molar-refractivity contribution in [1.29, 1.82) is 0 Å². The van der Waals surface area contributed by atoms with Crippen LogP contribution in [-0.4, -0.2) is 30.5 Å². The second kappa shape index (κ2) is 5.35. The monoisotopic (exact) mass is 308 g/mol. The van der Waals surface area contributed by atoms with Gasteiger partial charge in [0.2, 0.25) is 0 Å². The fourth-order valence-corrected chi connectivity index (χ4v) is 2.56. The average Bonchev–Trinajstić information content (AvgIpc) is 3.13. The molecule has 0 saturated heterocycles. The number of anilines is 1. The number of hydrogen-bond donors (Lipinski definition) is 1. The second-order valence-electron chi connectivity index (χ2n) is 5.66. The number of aromatic nitrogens is 5. The SMILES string of the molecule is Cc1c(NC(=O)c2cccc(-n3cncn3)c2)cnn1C1CC1. The Morgan fingerprint density at radius 3 is 2.91 bits per heavy atom. The summed E-state index contributed by atoms with van der Waals surface area (Å²) in [7, 11) is 0. The Hall–Kier alpha value is -2.96. The Balaban J connectivity index is 1.56. The van der Waals surface area contributed by atoms with Crippen LogP contribution >= 0.6 is 0 Å². The summed E-state index contributed by atoms with van der Waals surface area (Å²) in [5.74, 6) is -0.162. The van der Waals surface area contributed by atoms with E-state index >= 15 is 0 Å². The summed E-state index contributed by atoms with van der Waals surface area (Å²) in [4.78, 5) is 16.4. The van der Waals surface area contributed by atoms with Crippen LogP contribution in [0.5, 0.6) is 0 Å². The summed E-state index contributed by atoms with van der Waals surface area (Å²) in [6.07, 6.45) is 7.10. The Kier molecular flexibility index (Phi) is 3.18. The van der Waals surface area contributed by atoms with Gasteiger partial charge in [0, 0.05) is 5.56 Å². The molecule has 1 saturated carbocycles. The maximum atomic E-state index is 12.5. The molecule has 4 rings (SSSR count). The van der Waals surface area contributed by atoms with E-state index in [0.29, 0.717) is 11.6 Å². The van der Waals surface area contributed by atoms with Gasteiger partial charge in [-0.2, -0.15) is 10.2 Å². The van der Waals surface area contributed by atoms with Gasteiger partial charge in [-0.05, 0) is 38.0 Å². The van der Waals surface area contributed by atoms with Crippen LogP contribution in [0.3, 0.4) is 0 Å². The molecule has 1 fully saturated rings. The first-order chi connectivity index (χ1) is 11.2. The van der Waals surface area contributed by atoms with Crippen LogP contribution in [-0.2, 0) is 0 Å². The van der Waals surface area contributed by atoms with Gasteiger partial charge in [-0.1, -0.05) is 6.07 Å². The molecule has 0 aliphatic heterocycles. The molecular weight excluding hydrogens is 292 g/mol. The van der Waals surface area contributed by atoms with Crippen molar-refractivity contribution in [3.8, 4) is 5.69 Å². The highest BCUT2D eigenvalue weighted by Crippen LogP contribution is 2.36. The van der Waals surface area contributed by atoms with Crippen LogP contribution in [0.1, 0.15) is 34.9 Å². The van der Waals surface area contributed by atoms with Crippen molar-refractivity contribution in [2.24, 2.45) is 0 Å². The standard InChI is InChI=1S/C16H16N6O/c1-11-15(8-18-22(11)13-5-6-13)20-16(23)12-3-2-4-14(7-12)21-10-17-9-19-21/h2-4,7-10,13H,5-6H2,1H3,(H,20,23). The highest BCUT2D eigenvalue weighted by molar-refractivity contribution is 6.04. The van der Waals surface area contributed by atoms with Gasteiger partial charge < -0.3 is 5.32 Å². The normalized spacial score (nSPS) is 14.0. The van der Waals surface area contributed by atoms with Crippen molar-refractivity contribution in [3.63, 3.8) is 0 Å². The number of amides is 1. The van der Waals surface area contributed by atoms with Gasteiger partial charge in [0.1, 0.15) is 12.7 Å². The third-order valence-corrected chi connectivity index (χ3v) is 3.98. The first-order valence-electron chi connectivity index (χ1n) is 7.53. The predicted octanol–water partition coefficient (Wildman–Crippen LogP) is 2.36. The summed E-state index contributed by atoms with van der Waals surface area (Å²) in [6, 6.07) is 7.76.